The van der Waals surface area contributed by atoms with E-state index >= 15 is 0 Å². The maximum Gasteiger partial charge on any atom is 0.295 e. The lowest BCUT2D eigenvalue weighted by molar-refractivity contribution is -0.139. The number of aromatic hydroxyl groups is 1. The summed E-state index contributed by atoms with van der Waals surface area (Å²) in [5.74, 6) is -0.876. The van der Waals surface area contributed by atoms with E-state index in [4.69, 9.17) is 4.74 Å². The molecule has 0 radical (unpaired) electrons. The van der Waals surface area contributed by atoms with Crippen molar-refractivity contribution in [1.82, 2.24) is 4.90 Å². The second-order valence-electron chi connectivity index (χ2n) is 8.19. The zero-order valence-corrected chi connectivity index (χ0v) is 19.0. The zero-order chi connectivity index (χ0) is 24.1. The Kier molecular flexibility index (Phi) is 6.97. The SMILES string of the molecule is CCCOc1ccc(C(O)=C2C(=O)C(=O)N(CCc3ccccc3)C2c2ccc(O)cc2)cc1. The highest BCUT2D eigenvalue weighted by Gasteiger charge is 2.45. The van der Waals surface area contributed by atoms with Gasteiger partial charge in [-0.1, -0.05) is 49.4 Å². The van der Waals surface area contributed by atoms with Gasteiger partial charge in [0.25, 0.3) is 11.7 Å². The molecule has 6 heteroatoms. The number of hydrogen-bond donors (Lipinski definition) is 2. The highest BCUT2D eigenvalue weighted by atomic mass is 16.5. The number of phenols is 1. The van der Waals surface area contributed by atoms with E-state index in [-0.39, 0.29) is 17.1 Å². The lowest BCUT2D eigenvalue weighted by Crippen LogP contribution is -2.31. The third-order valence-electron chi connectivity index (χ3n) is 5.83. The van der Waals surface area contributed by atoms with Crippen molar-refractivity contribution in [2.75, 3.05) is 13.2 Å². The Morgan fingerprint density at radius 2 is 1.62 bits per heavy atom. The predicted molar refractivity (Wildman–Crippen MR) is 129 cm³/mol. The molecule has 3 aromatic carbocycles. The number of carbonyl (C=O) groups excluding carboxylic acids is 2. The van der Waals surface area contributed by atoms with Crippen molar-refractivity contribution in [2.24, 2.45) is 0 Å². The summed E-state index contributed by atoms with van der Waals surface area (Å²) in [6.45, 7) is 2.90. The molecule has 1 fully saturated rings. The molecule has 1 aliphatic heterocycles. The Morgan fingerprint density at radius 1 is 0.941 bits per heavy atom. The van der Waals surface area contributed by atoms with Crippen LogP contribution in [0.1, 0.15) is 36.1 Å². The molecule has 1 unspecified atom stereocenters. The van der Waals surface area contributed by atoms with E-state index in [1.54, 1.807) is 36.4 Å². The molecule has 0 aromatic heterocycles. The van der Waals surface area contributed by atoms with Gasteiger partial charge in [-0.2, -0.15) is 0 Å². The number of benzene rings is 3. The van der Waals surface area contributed by atoms with E-state index in [1.165, 1.54) is 17.0 Å². The normalized spacial score (nSPS) is 17.2. The lowest BCUT2D eigenvalue weighted by atomic mass is 9.95. The van der Waals surface area contributed by atoms with Gasteiger partial charge in [0.1, 0.15) is 17.3 Å². The molecule has 0 saturated carbocycles. The molecule has 6 nitrogen and oxygen atoms in total. The van der Waals surface area contributed by atoms with E-state index in [9.17, 15) is 19.8 Å². The molecule has 0 spiro atoms. The predicted octanol–water partition coefficient (Wildman–Crippen LogP) is 4.85. The molecule has 1 atom stereocenters. The van der Waals surface area contributed by atoms with Crippen LogP contribution in [0.25, 0.3) is 5.76 Å². The molecule has 1 saturated heterocycles. The molecule has 3 aromatic rings. The van der Waals surface area contributed by atoms with Crippen LogP contribution >= 0.6 is 0 Å². The number of aliphatic hydroxyl groups is 1. The van der Waals surface area contributed by atoms with Gasteiger partial charge >= 0.3 is 0 Å². The van der Waals surface area contributed by atoms with Crippen LogP contribution in [-0.4, -0.2) is 40.0 Å². The van der Waals surface area contributed by atoms with Crippen molar-refractivity contribution in [3.63, 3.8) is 0 Å². The molecular weight excluding hydrogens is 430 g/mol. The van der Waals surface area contributed by atoms with E-state index in [2.05, 4.69) is 0 Å². The van der Waals surface area contributed by atoms with Crippen molar-refractivity contribution in [3.8, 4) is 11.5 Å². The Morgan fingerprint density at radius 3 is 2.26 bits per heavy atom. The summed E-state index contributed by atoms with van der Waals surface area (Å²) in [6, 6.07) is 22.1. The number of nitrogens with zero attached hydrogens (tertiary/aromatic N) is 1. The van der Waals surface area contributed by atoms with Crippen LogP contribution in [0.5, 0.6) is 11.5 Å². The van der Waals surface area contributed by atoms with Gasteiger partial charge in [-0.05, 0) is 60.4 Å². The van der Waals surface area contributed by atoms with E-state index in [1.807, 2.05) is 37.3 Å². The number of likely N-dealkylation sites (tertiary alicyclic amines) is 1. The minimum absolute atomic E-state index is 0.0333. The van der Waals surface area contributed by atoms with Crippen molar-refractivity contribution in [3.05, 3.63) is 101 Å². The maximum absolute atomic E-state index is 13.1. The van der Waals surface area contributed by atoms with Crippen molar-refractivity contribution in [1.29, 1.82) is 0 Å². The molecule has 34 heavy (non-hydrogen) atoms. The first-order valence-corrected chi connectivity index (χ1v) is 11.3. The van der Waals surface area contributed by atoms with Crippen LogP contribution in [0, 0.1) is 0 Å². The number of amides is 1. The van der Waals surface area contributed by atoms with Crippen molar-refractivity contribution >= 4 is 17.4 Å². The summed E-state index contributed by atoms with van der Waals surface area (Å²) >= 11 is 0. The fourth-order valence-electron chi connectivity index (χ4n) is 4.09. The van der Waals surface area contributed by atoms with Gasteiger partial charge in [-0.15, -0.1) is 0 Å². The van der Waals surface area contributed by atoms with Crippen LogP contribution in [0.2, 0.25) is 0 Å². The van der Waals surface area contributed by atoms with E-state index in [0.29, 0.717) is 36.4 Å². The maximum atomic E-state index is 13.1. The summed E-state index contributed by atoms with van der Waals surface area (Å²) in [7, 11) is 0. The first kappa shape index (κ1) is 23.1. The molecule has 4 rings (SSSR count). The van der Waals surface area contributed by atoms with E-state index < -0.39 is 17.7 Å². The highest BCUT2D eigenvalue weighted by molar-refractivity contribution is 6.46. The number of Topliss-reactive ketones (excluding diaryl/α,β-unsaturated/α-hetero) is 1. The minimum atomic E-state index is -0.764. The van der Waals surface area contributed by atoms with Gasteiger partial charge < -0.3 is 19.8 Å². The van der Waals surface area contributed by atoms with Gasteiger partial charge in [0.2, 0.25) is 0 Å². The second kappa shape index (κ2) is 10.3. The van der Waals surface area contributed by atoms with Gasteiger partial charge in [0.05, 0.1) is 18.2 Å². The van der Waals surface area contributed by atoms with Crippen molar-refractivity contribution < 1.29 is 24.5 Å². The number of hydrogen-bond acceptors (Lipinski definition) is 5. The fourth-order valence-corrected chi connectivity index (χ4v) is 4.09. The molecule has 0 aliphatic carbocycles. The first-order valence-electron chi connectivity index (χ1n) is 11.3. The largest absolute Gasteiger partial charge is 0.508 e. The summed E-state index contributed by atoms with van der Waals surface area (Å²) in [4.78, 5) is 27.7. The highest BCUT2D eigenvalue weighted by Crippen LogP contribution is 2.40. The quantitative estimate of drug-likeness (QED) is 0.287. The van der Waals surface area contributed by atoms with Crippen LogP contribution in [-0.2, 0) is 16.0 Å². The average Bonchev–Trinajstić information content (AvgIpc) is 3.12. The van der Waals surface area contributed by atoms with Crippen molar-refractivity contribution in [2.45, 2.75) is 25.8 Å². The van der Waals surface area contributed by atoms with E-state index in [0.717, 1.165) is 12.0 Å². The monoisotopic (exact) mass is 457 g/mol. The molecule has 1 heterocycles. The Balaban J connectivity index is 1.72. The standard InChI is InChI=1S/C28H27NO5/c1-2-18-34-23-14-10-21(11-15-23)26(31)24-25(20-8-12-22(30)13-9-20)29(28(33)27(24)32)17-16-19-6-4-3-5-7-19/h3-15,25,30-31H,2,16-18H2,1H3. The number of ketones is 1. The molecule has 1 aliphatic rings. The van der Waals surface area contributed by atoms with Gasteiger partial charge in [0.15, 0.2) is 0 Å². The van der Waals surface area contributed by atoms with Crippen LogP contribution in [0.3, 0.4) is 0 Å². The topological polar surface area (TPSA) is 87.1 Å². The van der Waals surface area contributed by atoms with Gasteiger partial charge in [-0.25, -0.2) is 0 Å². The third kappa shape index (κ3) is 4.81. The van der Waals surface area contributed by atoms with Crippen LogP contribution < -0.4 is 4.74 Å². The number of phenolic OH excluding ortho intramolecular Hbond substituents is 1. The summed E-state index contributed by atoms with van der Waals surface area (Å²) in [6.07, 6.45) is 1.44. The van der Waals surface area contributed by atoms with Gasteiger partial charge in [0, 0.05) is 12.1 Å². The average molecular weight is 458 g/mol. The number of ether oxygens (including phenoxy) is 1. The zero-order valence-electron chi connectivity index (χ0n) is 19.0. The molecule has 0 bridgehead atoms. The third-order valence-corrected chi connectivity index (χ3v) is 5.83. The summed E-state index contributed by atoms with van der Waals surface area (Å²) in [5.41, 5.74) is 2.13. The number of aliphatic hydroxyl groups excluding tert-OH is 1. The molecular formula is C28H27NO5. The number of carbonyl (C=O) groups is 2. The number of rotatable bonds is 8. The Bertz CT molecular complexity index is 1180. The fraction of sp³-hybridized carbons (Fsp3) is 0.214. The molecule has 1 amide bonds. The van der Waals surface area contributed by atoms with Crippen LogP contribution in [0.4, 0.5) is 0 Å². The Labute approximate surface area is 198 Å². The molecule has 2 N–H and O–H groups in total. The Hall–Kier alpha value is -4.06. The molecule has 174 valence electrons. The van der Waals surface area contributed by atoms with Gasteiger partial charge in [-0.3, -0.25) is 9.59 Å². The van der Waals surface area contributed by atoms with Crippen LogP contribution in [0.15, 0.2) is 84.4 Å². The smallest absolute Gasteiger partial charge is 0.295 e. The lowest BCUT2D eigenvalue weighted by Gasteiger charge is -2.25. The summed E-state index contributed by atoms with van der Waals surface area (Å²) < 4.78 is 5.60. The first-order chi connectivity index (χ1) is 16.5. The summed E-state index contributed by atoms with van der Waals surface area (Å²) in [5, 5.41) is 20.9. The minimum Gasteiger partial charge on any atom is -0.508 e. The second-order valence-corrected chi connectivity index (χ2v) is 8.19.